The number of carbonyl (C=O) groups excluding carboxylic acids is 2. The lowest BCUT2D eigenvalue weighted by Crippen LogP contribution is -2.42. The van der Waals surface area contributed by atoms with Crippen LogP contribution >= 0.6 is 11.8 Å². The third kappa shape index (κ3) is 6.21. The Kier molecular flexibility index (Phi) is 8.41. The molecule has 1 unspecified atom stereocenters. The van der Waals surface area contributed by atoms with E-state index in [0.717, 1.165) is 33.6 Å². The lowest BCUT2D eigenvalue weighted by Gasteiger charge is -2.24. The number of nitrogens with one attached hydrogen (secondary N) is 1. The van der Waals surface area contributed by atoms with Crippen LogP contribution in [-0.4, -0.2) is 41.0 Å². The van der Waals surface area contributed by atoms with Crippen LogP contribution in [0.1, 0.15) is 54.0 Å². The van der Waals surface area contributed by atoms with Gasteiger partial charge in [-0.15, -0.1) is 11.8 Å². The Morgan fingerprint density at radius 1 is 1.10 bits per heavy atom. The van der Waals surface area contributed by atoms with Crippen LogP contribution in [0.2, 0.25) is 0 Å². The Balaban J connectivity index is 1.63. The van der Waals surface area contributed by atoms with Crippen molar-refractivity contribution < 1.29 is 18.7 Å². The first-order chi connectivity index (χ1) is 20.0. The Morgan fingerprint density at radius 2 is 1.81 bits per heavy atom. The summed E-state index contributed by atoms with van der Waals surface area (Å²) in [6.45, 7) is 8.43. The number of methoxy groups -OCH3 is 1. The number of benzene rings is 3. The van der Waals surface area contributed by atoms with E-state index in [-0.39, 0.29) is 47.1 Å². The zero-order valence-electron chi connectivity index (χ0n) is 24.5. The SMILES string of the molecule is COc1ccc(-n2nc(C(C)(C)C)c3c2N(CC(=O)NCc2ccc(F)cc2)C(=O)CSC3c2cccc(C)c2)cc1. The smallest absolute Gasteiger partial charge is 0.240 e. The van der Waals surface area contributed by atoms with E-state index in [4.69, 9.17) is 9.84 Å². The van der Waals surface area contributed by atoms with Crippen molar-refractivity contribution in [2.75, 3.05) is 24.3 Å². The van der Waals surface area contributed by atoms with Gasteiger partial charge < -0.3 is 10.1 Å². The monoisotopic (exact) mass is 586 g/mol. The number of aryl methyl sites for hydroxylation is 1. The number of nitrogens with zero attached hydrogens (tertiary/aromatic N) is 3. The molecule has 0 saturated carbocycles. The molecule has 1 N–H and O–H groups in total. The maximum atomic E-state index is 13.8. The molecule has 218 valence electrons. The van der Waals surface area contributed by atoms with Crippen molar-refractivity contribution in [3.63, 3.8) is 0 Å². The van der Waals surface area contributed by atoms with Crippen molar-refractivity contribution in [1.29, 1.82) is 0 Å². The summed E-state index contributed by atoms with van der Waals surface area (Å²) in [5.41, 5.74) is 5.15. The van der Waals surface area contributed by atoms with Crippen LogP contribution in [0.25, 0.3) is 5.69 Å². The first-order valence-corrected chi connectivity index (χ1v) is 14.9. The zero-order valence-corrected chi connectivity index (χ0v) is 25.3. The van der Waals surface area contributed by atoms with Crippen LogP contribution in [0.3, 0.4) is 0 Å². The number of thioether (sulfide) groups is 1. The first kappa shape index (κ1) is 29.4. The lowest BCUT2D eigenvalue weighted by molar-refractivity contribution is -0.123. The molecule has 0 bridgehead atoms. The third-order valence-corrected chi connectivity index (χ3v) is 8.42. The highest BCUT2D eigenvalue weighted by Gasteiger charge is 2.40. The largest absolute Gasteiger partial charge is 0.497 e. The first-order valence-electron chi connectivity index (χ1n) is 13.8. The molecule has 5 rings (SSSR count). The second-order valence-corrected chi connectivity index (χ2v) is 12.5. The summed E-state index contributed by atoms with van der Waals surface area (Å²) in [6, 6.07) is 21.8. The fourth-order valence-corrected chi connectivity index (χ4v) is 6.26. The highest BCUT2D eigenvalue weighted by molar-refractivity contribution is 8.00. The average molecular weight is 587 g/mol. The summed E-state index contributed by atoms with van der Waals surface area (Å²) < 4.78 is 20.5. The predicted molar refractivity (Wildman–Crippen MR) is 165 cm³/mol. The van der Waals surface area contributed by atoms with Crippen molar-refractivity contribution in [2.24, 2.45) is 0 Å². The van der Waals surface area contributed by atoms with Crippen molar-refractivity contribution in [3.05, 3.63) is 107 Å². The number of fused-ring (bicyclic) bond motifs is 1. The molecular weight excluding hydrogens is 551 g/mol. The number of halogens is 1. The quantitative estimate of drug-likeness (QED) is 0.283. The fraction of sp³-hybridized carbons (Fsp3) is 0.303. The summed E-state index contributed by atoms with van der Waals surface area (Å²) >= 11 is 1.55. The molecule has 1 aliphatic heterocycles. The van der Waals surface area contributed by atoms with Gasteiger partial charge in [-0.25, -0.2) is 9.07 Å². The number of anilines is 1. The van der Waals surface area contributed by atoms with Gasteiger partial charge in [-0.3, -0.25) is 14.5 Å². The van der Waals surface area contributed by atoms with Crippen molar-refractivity contribution in [2.45, 2.75) is 44.9 Å². The Bertz CT molecular complexity index is 1590. The molecule has 7 nitrogen and oxygen atoms in total. The Labute approximate surface area is 250 Å². The summed E-state index contributed by atoms with van der Waals surface area (Å²) in [6.07, 6.45) is 0. The molecule has 1 atom stereocenters. The molecule has 0 aliphatic carbocycles. The topological polar surface area (TPSA) is 76.5 Å². The van der Waals surface area contributed by atoms with Crippen LogP contribution < -0.4 is 15.0 Å². The predicted octanol–water partition coefficient (Wildman–Crippen LogP) is 6.11. The van der Waals surface area contributed by atoms with E-state index < -0.39 is 0 Å². The molecule has 2 heterocycles. The van der Waals surface area contributed by atoms with Gasteiger partial charge in [-0.05, 0) is 54.4 Å². The molecule has 0 fully saturated rings. The Morgan fingerprint density at radius 3 is 2.45 bits per heavy atom. The Hall–Kier alpha value is -4.11. The van der Waals surface area contributed by atoms with Gasteiger partial charge in [0.15, 0.2) is 0 Å². The molecule has 4 aromatic rings. The second kappa shape index (κ2) is 12.0. The van der Waals surface area contributed by atoms with Gasteiger partial charge in [0.2, 0.25) is 11.8 Å². The van der Waals surface area contributed by atoms with Crippen LogP contribution in [0.4, 0.5) is 10.2 Å². The second-order valence-electron chi connectivity index (χ2n) is 11.4. The molecule has 3 aromatic carbocycles. The molecule has 1 aliphatic rings. The van der Waals surface area contributed by atoms with Gasteiger partial charge in [-0.1, -0.05) is 62.7 Å². The number of amides is 2. The molecule has 1 aromatic heterocycles. The van der Waals surface area contributed by atoms with Crippen LogP contribution in [0.15, 0.2) is 72.8 Å². The van der Waals surface area contributed by atoms with Crippen LogP contribution in [0.5, 0.6) is 5.75 Å². The minimum absolute atomic E-state index is 0.169. The van der Waals surface area contributed by atoms with Crippen LogP contribution in [-0.2, 0) is 21.5 Å². The van der Waals surface area contributed by atoms with E-state index in [2.05, 4.69) is 51.2 Å². The lowest BCUT2D eigenvalue weighted by atomic mass is 9.87. The number of aromatic nitrogens is 2. The summed E-state index contributed by atoms with van der Waals surface area (Å²) in [7, 11) is 1.61. The summed E-state index contributed by atoms with van der Waals surface area (Å²) in [4.78, 5) is 28.7. The van der Waals surface area contributed by atoms with E-state index in [1.54, 1.807) is 40.6 Å². The van der Waals surface area contributed by atoms with Gasteiger partial charge in [0, 0.05) is 17.5 Å². The van der Waals surface area contributed by atoms with Crippen molar-refractivity contribution in [3.8, 4) is 11.4 Å². The molecule has 2 amide bonds. The molecule has 9 heteroatoms. The number of ether oxygens (including phenoxy) is 1. The van der Waals surface area contributed by atoms with E-state index in [0.29, 0.717) is 11.6 Å². The number of hydrogen-bond acceptors (Lipinski definition) is 5. The normalized spacial score (nSPS) is 15.2. The molecule has 42 heavy (non-hydrogen) atoms. The summed E-state index contributed by atoms with van der Waals surface area (Å²) in [5.74, 6) is 0.652. The maximum absolute atomic E-state index is 13.8. The molecule has 0 saturated heterocycles. The van der Waals surface area contributed by atoms with Gasteiger partial charge in [0.1, 0.15) is 23.9 Å². The average Bonchev–Trinajstić information content (AvgIpc) is 3.30. The van der Waals surface area contributed by atoms with Crippen molar-refractivity contribution in [1.82, 2.24) is 15.1 Å². The minimum Gasteiger partial charge on any atom is -0.497 e. The van der Waals surface area contributed by atoms with Gasteiger partial charge in [0.05, 0.1) is 29.5 Å². The zero-order chi connectivity index (χ0) is 30.0. The number of hydrogen-bond donors (Lipinski definition) is 1. The highest BCUT2D eigenvalue weighted by Crippen LogP contribution is 2.48. The van der Waals surface area contributed by atoms with Gasteiger partial charge in [0.25, 0.3) is 0 Å². The van der Waals surface area contributed by atoms with Crippen molar-refractivity contribution >= 4 is 29.4 Å². The highest BCUT2D eigenvalue weighted by atomic mass is 32.2. The molecule has 0 radical (unpaired) electrons. The maximum Gasteiger partial charge on any atom is 0.240 e. The van der Waals surface area contributed by atoms with Gasteiger partial charge in [-0.2, -0.15) is 5.10 Å². The fourth-order valence-electron chi connectivity index (χ4n) is 5.08. The van der Waals surface area contributed by atoms with E-state index in [1.165, 1.54) is 12.1 Å². The minimum atomic E-state index is -0.353. The van der Waals surface area contributed by atoms with Crippen LogP contribution in [0, 0.1) is 12.7 Å². The third-order valence-electron chi connectivity index (χ3n) is 7.17. The molecule has 0 spiro atoms. The van der Waals surface area contributed by atoms with E-state index in [1.807, 2.05) is 30.3 Å². The standard InChI is InChI=1S/C33H35FN4O3S/c1-21-7-6-8-23(17-21)30-29-31(33(2,3)4)36-38(25-13-15-26(41-5)16-14-25)32(29)37(28(40)20-42-30)19-27(39)35-18-22-9-11-24(34)12-10-22/h6-17,30H,18-20H2,1-5H3,(H,35,39). The van der Waals surface area contributed by atoms with E-state index in [9.17, 15) is 14.0 Å². The molecular formula is C33H35FN4O3S. The number of rotatable bonds is 7. The van der Waals surface area contributed by atoms with Gasteiger partial charge >= 0.3 is 0 Å². The van der Waals surface area contributed by atoms with E-state index >= 15 is 0 Å². The summed E-state index contributed by atoms with van der Waals surface area (Å²) in [5, 5.41) is 7.85. The number of carbonyl (C=O) groups is 2.